The molecule has 0 aromatic heterocycles. The summed E-state index contributed by atoms with van der Waals surface area (Å²) in [4.78, 5) is 2.63. The van der Waals surface area contributed by atoms with E-state index in [1.807, 2.05) is 0 Å². The van der Waals surface area contributed by atoms with Crippen molar-refractivity contribution in [3.8, 4) is 0 Å². The molecule has 1 aliphatic carbocycles. The Morgan fingerprint density at radius 2 is 1.63 bits per heavy atom. The topological polar surface area (TPSA) is 24.5 Å². The Labute approximate surface area is 119 Å². The molecule has 1 aliphatic heterocycles. The third-order valence-electron chi connectivity index (χ3n) is 5.27. The number of ether oxygens (including phenoxy) is 1. The van der Waals surface area contributed by atoms with E-state index in [1.165, 1.54) is 38.5 Å². The average molecular weight is 268 g/mol. The fraction of sp³-hybridized carbons (Fsp3) is 1.00. The van der Waals surface area contributed by atoms with Crippen molar-refractivity contribution >= 4 is 0 Å². The lowest BCUT2D eigenvalue weighted by Gasteiger charge is -2.48. The summed E-state index contributed by atoms with van der Waals surface area (Å²) in [7, 11) is 2.15. The Kier molecular flexibility index (Phi) is 5.67. The first kappa shape index (κ1) is 15.3. The summed E-state index contributed by atoms with van der Waals surface area (Å²) >= 11 is 0. The van der Waals surface area contributed by atoms with Crippen molar-refractivity contribution in [1.29, 1.82) is 0 Å². The van der Waals surface area contributed by atoms with E-state index in [9.17, 15) is 0 Å². The Hall–Kier alpha value is -0.120. The van der Waals surface area contributed by atoms with Gasteiger partial charge in [-0.1, -0.05) is 25.7 Å². The van der Waals surface area contributed by atoms with Gasteiger partial charge in [0.1, 0.15) is 0 Å². The largest absolute Gasteiger partial charge is 0.379 e. The van der Waals surface area contributed by atoms with E-state index >= 15 is 0 Å². The summed E-state index contributed by atoms with van der Waals surface area (Å²) in [5.41, 5.74) is 0.230. The molecule has 0 radical (unpaired) electrons. The Morgan fingerprint density at radius 3 is 2.16 bits per heavy atom. The summed E-state index contributed by atoms with van der Waals surface area (Å²) in [5.74, 6) is 0.838. The molecule has 1 N–H and O–H groups in total. The van der Waals surface area contributed by atoms with Crippen molar-refractivity contribution in [2.24, 2.45) is 5.92 Å². The molecule has 3 nitrogen and oxygen atoms in total. The van der Waals surface area contributed by atoms with Crippen LogP contribution in [-0.4, -0.2) is 49.8 Å². The van der Waals surface area contributed by atoms with E-state index in [2.05, 4.69) is 31.1 Å². The second-order valence-electron chi connectivity index (χ2n) is 6.77. The summed E-state index contributed by atoms with van der Waals surface area (Å²) in [5, 5.41) is 3.65. The molecule has 2 fully saturated rings. The monoisotopic (exact) mass is 268 g/mol. The van der Waals surface area contributed by atoms with Crippen molar-refractivity contribution in [2.45, 2.75) is 64.0 Å². The number of likely N-dealkylation sites (N-methyl/N-ethyl adjacent to an activating group) is 1. The van der Waals surface area contributed by atoms with Gasteiger partial charge in [0.15, 0.2) is 0 Å². The third kappa shape index (κ3) is 3.71. The molecule has 1 saturated carbocycles. The van der Waals surface area contributed by atoms with Crippen LogP contribution in [0.3, 0.4) is 0 Å². The highest BCUT2D eigenvalue weighted by atomic mass is 16.5. The second kappa shape index (κ2) is 7.05. The first-order valence-electron chi connectivity index (χ1n) is 8.16. The van der Waals surface area contributed by atoms with Crippen LogP contribution in [-0.2, 0) is 4.74 Å². The molecule has 0 spiro atoms. The molecule has 2 aliphatic rings. The summed E-state index contributed by atoms with van der Waals surface area (Å²) in [6.45, 7) is 8.79. The number of morpholine rings is 1. The second-order valence-corrected chi connectivity index (χ2v) is 6.77. The van der Waals surface area contributed by atoms with Crippen LogP contribution in [0, 0.1) is 5.92 Å². The minimum Gasteiger partial charge on any atom is -0.379 e. The Balaban J connectivity index is 2.04. The maximum Gasteiger partial charge on any atom is 0.0594 e. The first-order valence-corrected chi connectivity index (χ1v) is 8.16. The zero-order chi connectivity index (χ0) is 13.7. The van der Waals surface area contributed by atoms with Gasteiger partial charge in [0.05, 0.1) is 13.2 Å². The molecule has 0 aromatic rings. The van der Waals surface area contributed by atoms with E-state index in [-0.39, 0.29) is 5.54 Å². The summed E-state index contributed by atoms with van der Waals surface area (Å²) in [6, 6.07) is 0.601. The molecular weight excluding hydrogens is 236 g/mol. The van der Waals surface area contributed by atoms with E-state index in [4.69, 9.17) is 4.74 Å². The minimum absolute atomic E-state index is 0.230. The molecule has 3 heteroatoms. The van der Waals surface area contributed by atoms with Gasteiger partial charge in [0.2, 0.25) is 0 Å². The van der Waals surface area contributed by atoms with Crippen molar-refractivity contribution < 1.29 is 4.74 Å². The van der Waals surface area contributed by atoms with Crippen LogP contribution in [0.25, 0.3) is 0 Å². The van der Waals surface area contributed by atoms with Gasteiger partial charge in [-0.3, -0.25) is 4.90 Å². The third-order valence-corrected chi connectivity index (χ3v) is 5.27. The van der Waals surface area contributed by atoms with Gasteiger partial charge in [-0.2, -0.15) is 0 Å². The number of nitrogens with zero attached hydrogens (tertiary/aromatic N) is 1. The van der Waals surface area contributed by atoms with Crippen LogP contribution < -0.4 is 5.32 Å². The van der Waals surface area contributed by atoms with Gasteiger partial charge >= 0.3 is 0 Å². The number of rotatable bonds is 4. The lowest BCUT2D eigenvalue weighted by atomic mass is 9.79. The lowest BCUT2D eigenvalue weighted by molar-refractivity contribution is -0.0316. The maximum atomic E-state index is 5.51. The van der Waals surface area contributed by atoms with Crippen LogP contribution in [0.1, 0.15) is 52.4 Å². The first-order chi connectivity index (χ1) is 9.16. The summed E-state index contributed by atoms with van der Waals surface area (Å²) in [6.07, 6.45) is 8.51. The van der Waals surface area contributed by atoms with E-state index < -0.39 is 0 Å². The van der Waals surface area contributed by atoms with Crippen LogP contribution in [0.4, 0.5) is 0 Å². The molecular formula is C16H32N2O. The molecule has 1 saturated heterocycles. The summed E-state index contributed by atoms with van der Waals surface area (Å²) < 4.78 is 5.51. The maximum absolute atomic E-state index is 5.51. The predicted octanol–water partition coefficient (Wildman–Crippen LogP) is 2.66. The molecule has 1 unspecified atom stereocenters. The molecule has 1 heterocycles. The van der Waals surface area contributed by atoms with Gasteiger partial charge in [0, 0.05) is 24.7 Å². The zero-order valence-corrected chi connectivity index (χ0v) is 13.1. The molecule has 1 atom stereocenters. The molecule has 0 bridgehead atoms. The van der Waals surface area contributed by atoms with Crippen molar-refractivity contribution in [1.82, 2.24) is 10.2 Å². The van der Waals surface area contributed by atoms with Gasteiger partial charge in [-0.05, 0) is 39.7 Å². The normalized spacial score (nSPS) is 26.1. The molecule has 2 rings (SSSR count). The highest BCUT2D eigenvalue weighted by Crippen LogP contribution is 2.33. The van der Waals surface area contributed by atoms with E-state index in [0.717, 1.165) is 32.2 Å². The zero-order valence-electron chi connectivity index (χ0n) is 13.1. The quantitative estimate of drug-likeness (QED) is 0.793. The Bertz CT molecular complexity index is 253. The van der Waals surface area contributed by atoms with E-state index in [0.29, 0.717) is 6.04 Å². The molecule has 112 valence electrons. The molecule has 0 aromatic carbocycles. The number of hydrogen-bond donors (Lipinski definition) is 1. The standard InChI is InChI=1S/C16H32N2O/c1-16(2,18-10-12-19-13-11-18)15(17-3)14-8-6-4-5-7-9-14/h14-15,17H,4-13H2,1-3H3. The van der Waals surface area contributed by atoms with Gasteiger partial charge in [-0.15, -0.1) is 0 Å². The smallest absolute Gasteiger partial charge is 0.0594 e. The van der Waals surface area contributed by atoms with Crippen molar-refractivity contribution in [3.05, 3.63) is 0 Å². The SMILES string of the molecule is CNC(C1CCCCCC1)C(C)(C)N1CCOCC1. The molecule has 19 heavy (non-hydrogen) atoms. The fourth-order valence-electron chi connectivity index (χ4n) is 4.15. The van der Waals surface area contributed by atoms with E-state index in [1.54, 1.807) is 0 Å². The average Bonchev–Trinajstić information content (AvgIpc) is 2.69. The number of nitrogens with one attached hydrogen (secondary N) is 1. The minimum atomic E-state index is 0.230. The Morgan fingerprint density at radius 1 is 1.05 bits per heavy atom. The van der Waals surface area contributed by atoms with Gasteiger partial charge in [-0.25, -0.2) is 0 Å². The van der Waals surface area contributed by atoms with Gasteiger partial charge < -0.3 is 10.1 Å². The van der Waals surface area contributed by atoms with Crippen LogP contribution >= 0.6 is 0 Å². The highest BCUT2D eigenvalue weighted by Gasteiger charge is 2.39. The van der Waals surface area contributed by atoms with Crippen LogP contribution in [0.2, 0.25) is 0 Å². The number of hydrogen-bond acceptors (Lipinski definition) is 3. The predicted molar refractivity (Wildman–Crippen MR) is 80.5 cm³/mol. The van der Waals surface area contributed by atoms with Gasteiger partial charge in [0.25, 0.3) is 0 Å². The highest BCUT2D eigenvalue weighted by molar-refractivity contribution is 4.97. The van der Waals surface area contributed by atoms with Crippen molar-refractivity contribution in [3.63, 3.8) is 0 Å². The van der Waals surface area contributed by atoms with Crippen LogP contribution in [0.15, 0.2) is 0 Å². The van der Waals surface area contributed by atoms with Crippen LogP contribution in [0.5, 0.6) is 0 Å². The van der Waals surface area contributed by atoms with Crippen molar-refractivity contribution in [2.75, 3.05) is 33.4 Å². The molecule has 0 amide bonds. The lowest BCUT2D eigenvalue weighted by Crippen LogP contribution is -2.62. The fourth-order valence-corrected chi connectivity index (χ4v) is 4.15.